The molecule has 2 atom stereocenters. The zero-order valence-electron chi connectivity index (χ0n) is 34.4. The number of aryl methyl sites for hydroxylation is 4. The molecule has 1 aliphatic rings. The molecule has 0 amide bonds. The smallest absolute Gasteiger partial charge is 0.134 e. The number of hydrogen-bond acceptors (Lipinski definition) is 3. The Morgan fingerprint density at radius 2 is 0.755 bits per heavy atom. The largest absolute Gasteiger partial charge is 0.507 e. The number of benzene rings is 5. The van der Waals surface area contributed by atoms with Crippen molar-refractivity contribution in [2.75, 3.05) is 0 Å². The molecule has 4 heteroatoms. The molecular weight excluding hydrogens is 668 g/mol. The summed E-state index contributed by atoms with van der Waals surface area (Å²) in [6.07, 6.45) is 0.896. The van der Waals surface area contributed by atoms with E-state index in [0.717, 1.165) is 33.4 Å². The first kappa shape index (κ1) is 38.5. The number of rotatable bonds is 5. The maximum atomic E-state index is 14.2. The Hall–Kier alpha value is -4.20. The summed E-state index contributed by atoms with van der Waals surface area (Å²) >= 11 is 0. The molecule has 1 heterocycles. The van der Waals surface area contributed by atoms with Gasteiger partial charge in [0.25, 0.3) is 0 Å². The van der Waals surface area contributed by atoms with Gasteiger partial charge in [0.15, 0.2) is 0 Å². The van der Waals surface area contributed by atoms with E-state index in [-0.39, 0.29) is 17.1 Å². The second kappa shape index (κ2) is 14.2. The van der Waals surface area contributed by atoms with E-state index in [1.807, 2.05) is 27.7 Å². The van der Waals surface area contributed by atoms with Crippen LogP contribution in [-0.2, 0) is 4.79 Å². The fourth-order valence-corrected chi connectivity index (χ4v) is 12.9. The number of phenols is 2. The Morgan fingerprint density at radius 1 is 0.472 bits per heavy atom. The summed E-state index contributed by atoms with van der Waals surface area (Å²) in [5.41, 5.74) is 23.7. The fraction of sp³-hybridized carbons (Fsp3) is 0.367. The molecule has 53 heavy (non-hydrogen) atoms. The van der Waals surface area contributed by atoms with Crippen molar-refractivity contribution in [3.63, 3.8) is 0 Å². The van der Waals surface area contributed by atoms with Crippen LogP contribution in [-0.4, -0.2) is 16.0 Å². The molecule has 1 aliphatic heterocycles. The van der Waals surface area contributed by atoms with Gasteiger partial charge in [0.05, 0.1) is 0 Å². The van der Waals surface area contributed by atoms with Gasteiger partial charge in [0, 0.05) is 24.2 Å². The number of ketones is 1. The van der Waals surface area contributed by atoms with Gasteiger partial charge >= 0.3 is 0 Å². The molecule has 0 radical (unpaired) electrons. The third kappa shape index (κ3) is 6.34. The number of Topliss-reactive ketones (excluding diaryl/α,β-unsaturated/α-hetero) is 1. The molecule has 0 bridgehead atoms. The average Bonchev–Trinajstić information content (AvgIpc) is 3.12. The maximum absolute atomic E-state index is 14.2. The van der Waals surface area contributed by atoms with Crippen LogP contribution < -0.4 is 5.30 Å². The third-order valence-corrected chi connectivity index (χ3v) is 16.4. The topological polar surface area (TPSA) is 57.5 Å². The van der Waals surface area contributed by atoms with Crippen molar-refractivity contribution in [1.29, 1.82) is 0 Å². The molecule has 5 aromatic rings. The standard InChI is InChI=1S/C49H57O3P/c1-24-18-38(19-25(2)47(24)51)43-22-40(50)23-44(39-20-26(3)48(52)27(4)21-39)53(43)49-41(45-34(11)30(7)28(5)31(8)35(45)12)16-15-17-42(49)46-36(13)32(9)29(6)33(10)37(46)14/h15-21,43-44,51-52H,22-23H2,1-14H3. The maximum Gasteiger partial charge on any atom is 0.134 e. The van der Waals surface area contributed by atoms with Crippen molar-refractivity contribution in [1.82, 2.24) is 0 Å². The van der Waals surface area contributed by atoms with Crippen molar-refractivity contribution < 1.29 is 15.0 Å². The van der Waals surface area contributed by atoms with Crippen molar-refractivity contribution in [2.45, 2.75) is 121 Å². The Balaban J connectivity index is 1.84. The number of hydrogen-bond donors (Lipinski definition) is 2. The summed E-state index contributed by atoms with van der Waals surface area (Å²) in [7, 11) is -1.12. The Bertz CT molecular complexity index is 2080. The van der Waals surface area contributed by atoms with Gasteiger partial charge in [0.1, 0.15) is 17.3 Å². The SMILES string of the molecule is Cc1cc(C2CC(=O)CC(c3cc(C)c(O)c(C)c3)P2c2c(-c3c(C)c(C)c(C)c(C)c3C)cccc2-c2c(C)c(C)c(C)c(C)c2C)cc(C)c1O. The Labute approximate surface area is 319 Å². The lowest BCUT2D eigenvalue weighted by Gasteiger charge is -2.42. The van der Waals surface area contributed by atoms with Crippen LogP contribution in [0.3, 0.4) is 0 Å². The van der Waals surface area contributed by atoms with Gasteiger partial charge in [-0.25, -0.2) is 0 Å². The molecule has 0 spiro atoms. The van der Waals surface area contributed by atoms with Crippen LogP contribution in [0, 0.1) is 96.9 Å². The fourth-order valence-electron chi connectivity index (χ4n) is 9.19. The first-order valence-electron chi connectivity index (χ1n) is 19.0. The van der Waals surface area contributed by atoms with E-state index in [1.165, 1.54) is 83.2 Å². The number of aromatic hydroxyl groups is 2. The van der Waals surface area contributed by atoms with Crippen molar-refractivity contribution in [3.05, 3.63) is 131 Å². The quantitative estimate of drug-likeness (QED) is 0.177. The molecule has 0 saturated carbocycles. The van der Waals surface area contributed by atoms with Crippen LogP contribution >= 0.6 is 7.92 Å². The van der Waals surface area contributed by atoms with Gasteiger partial charge in [-0.3, -0.25) is 4.79 Å². The summed E-state index contributed by atoms with van der Waals surface area (Å²) < 4.78 is 0. The molecule has 6 rings (SSSR count). The molecule has 5 aromatic carbocycles. The van der Waals surface area contributed by atoms with Gasteiger partial charge in [-0.15, -0.1) is 0 Å². The summed E-state index contributed by atoms with van der Waals surface area (Å²) in [4.78, 5) is 14.2. The van der Waals surface area contributed by atoms with E-state index in [2.05, 4.69) is 112 Å². The molecule has 276 valence electrons. The van der Waals surface area contributed by atoms with Crippen LogP contribution in [0.5, 0.6) is 11.5 Å². The van der Waals surface area contributed by atoms with Crippen LogP contribution in [0.25, 0.3) is 22.3 Å². The summed E-state index contributed by atoms with van der Waals surface area (Å²) in [5, 5.41) is 23.3. The summed E-state index contributed by atoms with van der Waals surface area (Å²) in [5.74, 6) is 0.890. The van der Waals surface area contributed by atoms with E-state index in [0.29, 0.717) is 24.3 Å². The van der Waals surface area contributed by atoms with Crippen LogP contribution in [0.2, 0.25) is 0 Å². The minimum atomic E-state index is -1.12. The Kier molecular flexibility index (Phi) is 10.3. The van der Waals surface area contributed by atoms with Crippen LogP contribution in [0.15, 0.2) is 42.5 Å². The minimum absolute atomic E-state index is 0.0786. The van der Waals surface area contributed by atoms with E-state index in [1.54, 1.807) is 0 Å². The van der Waals surface area contributed by atoms with E-state index in [9.17, 15) is 15.0 Å². The van der Waals surface area contributed by atoms with Crippen LogP contribution in [0.1, 0.15) is 113 Å². The minimum Gasteiger partial charge on any atom is -0.507 e. The van der Waals surface area contributed by atoms with Crippen LogP contribution in [0.4, 0.5) is 0 Å². The third-order valence-electron chi connectivity index (χ3n) is 13.1. The molecule has 3 nitrogen and oxygen atoms in total. The first-order chi connectivity index (χ1) is 24.9. The van der Waals surface area contributed by atoms with Gasteiger partial charge in [-0.1, -0.05) is 50.4 Å². The summed E-state index contributed by atoms with van der Waals surface area (Å²) in [6.45, 7) is 30.5. The second-order valence-electron chi connectivity index (χ2n) is 16.1. The molecule has 2 N–H and O–H groups in total. The first-order valence-corrected chi connectivity index (χ1v) is 20.5. The number of carbonyl (C=O) groups excluding carboxylic acids is 1. The van der Waals surface area contributed by atoms with E-state index >= 15 is 0 Å². The molecule has 2 unspecified atom stereocenters. The molecule has 0 aliphatic carbocycles. The lowest BCUT2D eigenvalue weighted by molar-refractivity contribution is -0.119. The van der Waals surface area contributed by atoms with Gasteiger partial charge in [0.2, 0.25) is 0 Å². The van der Waals surface area contributed by atoms with Crippen molar-refractivity contribution in [2.24, 2.45) is 0 Å². The number of phenolic OH excluding ortho intramolecular Hbond substituents is 2. The zero-order chi connectivity index (χ0) is 39.0. The molecule has 1 fully saturated rings. The van der Waals surface area contributed by atoms with Gasteiger partial charge < -0.3 is 10.2 Å². The predicted molar refractivity (Wildman–Crippen MR) is 226 cm³/mol. The second-order valence-corrected chi connectivity index (χ2v) is 18.6. The van der Waals surface area contributed by atoms with E-state index < -0.39 is 7.92 Å². The zero-order valence-corrected chi connectivity index (χ0v) is 35.3. The summed E-state index contributed by atoms with van der Waals surface area (Å²) in [6, 6.07) is 15.4. The highest BCUT2D eigenvalue weighted by Gasteiger charge is 2.43. The van der Waals surface area contributed by atoms with Crippen molar-refractivity contribution >= 4 is 19.0 Å². The molecular formula is C49H57O3P. The molecule has 0 aromatic heterocycles. The highest BCUT2D eigenvalue weighted by atomic mass is 31.1. The molecule has 1 saturated heterocycles. The number of carbonyl (C=O) groups is 1. The van der Waals surface area contributed by atoms with Gasteiger partial charge in [-0.05, 0) is 214 Å². The normalized spacial score (nSPS) is 17.5. The predicted octanol–water partition coefficient (Wildman–Crippen LogP) is 12.7. The average molecular weight is 725 g/mol. The highest BCUT2D eigenvalue weighted by Crippen LogP contribution is 2.68. The van der Waals surface area contributed by atoms with Crippen molar-refractivity contribution in [3.8, 4) is 33.8 Å². The lowest BCUT2D eigenvalue weighted by atomic mass is 9.83. The monoisotopic (exact) mass is 724 g/mol. The Morgan fingerprint density at radius 3 is 1.06 bits per heavy atom. The van der Waals surface area contributed by atoms with Gasteiger partial charge in [-0.2, -0.15) is 0 Å². The highest BCUT2D eigenvalue weighted by molar-refractivity contribution is 7.67. The van der Waals surface area contributed by atoms with E-state index in [4.69, 9.17) is 0 Å². The lowest BCUT2D eigenvalue weighted by Crippen LogP contribution is -2.26.